The highest BCUT2D eigenvalue weighted by Crippen LogP contribution is 2.31. The molecule has 12 nitrogen and oxygen atoms in total. The second-order valence-corrected chi connectivity index (χ2v) is 11.2. The Balaban J connectivity index is 1.62. The Bertz CT molecular complexity index is 1250. The van der Waals surface area contributed by atoms with Gasteiger partial charge >= 0.3 is 6.09 Å². The zero-order chi connectivity index (χ0) is 29.8. The van der Waals surface area contributed by atoms with Crippen LogP contribution in [0.3, 0.4) is 0 Å². The van der Waals surface area contributed by atoms with E-state index in [-0.39, 0.29) is 41.2 Å². The van der Waals surface area contributed by atoms with Gasteiger partial charge in [0.15, 0.2) is 11.6 Å². The van der Waals surface area contributed by atoms with E-state index in [4.69, 9.17) is 25.8 Å². The molecule has 0 saturated carbocycles. The first-order valence-corrected chi connectivity index (χ1v) is 12.9. The highest BCUT2D eigenvalue weighted by Gasteiger charge is 2.46. The molecule has 1 fully saturated rings. The first-order valence-electron chi connectivity index (χ1n) is 12.5. The number of ether oxygens (including phenoxy) is 3. The number of anilines is 1. The Morgan fingerprint density at radius 1 is 1.18 bits per heavy atom. The highest BCUT2D eigenvalue weighted by molar-refractivity contribution is 6.34. The van der Waals surface area contributed by atoms with Crippen molar-refractivity contribution in [2.45, 2.75) is 71.9 Å². The van der Waals surface area contributed by atoms with Crippen LogP contribution < -0.4 is 20.9 Å². The lowest BCUT2D eigenvalue weighted by atomic mass is 10.2. The van der Waals surface area contributed by atoms with Crippen LogP contribution in [0.1, 0.15) is 69.2 Å². The van der Waals surface area contributed by atoms with E-state index in [1.54, 1.807) is 34.6 Å². The Kier molecular flexibility index (Phi) is 9.41. The van der Waals surface area contributed by atoms with Crippen LogP contribution in [0.4, 0.5) is 15.1 Å². The summed E-state index contributed by atoms with van der Waals surface area (Å²) in [5.41, 5.74) is 2.56. The molecule has 1 aliphatic rings. The third-order valence-corrected chi connectivity index (χ3v) is 5.80. The summed E-state index contributed by atoms with van der Waals surface area (Å²) < 4.78 is 31.7. The molecule has 0 radical (unpaired) electrons. The molecule has 1 atom stereocenters. The minimum atomic E-state index is -0.960. The van der Waals surface area contributed by atoms with Crippen molar-refractivity contribution in [3.63, 3.8) is 0 Å². The predicted octanol–water partition coefficient (Wildman–Crippen LogP) is 3.92. The van der Waals surface area contributed by atoms with Crippen molar-refractivity contribution in [2.24, 2.45) is 0 Å². The van der Waals surface area contributed by atoms with E-state index < -0.39 is 41.1 Å². The number of aromatic nitrogens is 2. The second kappa shape index (κ2) is 12.2. The summed E-state index contributed by atoms with van der Waals surface area (Å²) in [6, 6.07) is 1.56. The average molecular weight is 581 g/mol. The number of hydrogen-bond acceptors (Lipinski definition) is 9. The molecule has 3 N–H and O–H groups in total. The van der Waals surface area contributed by atoms with Gasteiger partial charge in [0.2, 0.25) is 5.95 Å². The monoisotopic (exact) mass is 580 g/mol. The van der Waals surface area contributed by atoms with Gasteiger partial charge in [0.05, 0.1) is 28.8 Å². The third-order valence-electron chi connectivity index (χ3n) is 5.48. The van der Waals surface area contributed by atoms with Gasteiger partial charge in [-0.2, -0.15) is 0 Å². The molecule has 1 saturated heterocycles. The second-order valence-electron chi connectivity index (χ2n) is 10.8. The number of carbonyl (C=O) groups excluding carboxylic acids is 3. The van der Waals surface area contributed by atoms with Gasteiger partial charge in [0.25, 0.3) is 11.8 Å². The van der Waals surface area contributed by atoms with Crippen LogP contribution in [-0.4, -0.2) is 69.4 Å². The van der Waals surface area contributed by atoms with Crippen LogP contribution in [0.2, 0.25) is 5.02 Å². The molecule has 40 heavy (non-hydrogen) atoms. The number of nitrogens with zero attached hydrogens (tertiary/aromatic N) is 3. The van der Waals surface area contributed by atoms with E-state index in [1.807, 2.05) is 13.8 Å². The van der Waals surface area contributed by atoms with Gasteiger partial charge in [-0.25, -0.2) is 19.2 Å². The zero-order valence-electron chi connectivity index (χ0n) is 23.4. The molecule has 2 aromatic rings. The van der Waals surface area contributed by atoms with E-state index in [1.165, 1.54) is 17.3 Å². The van der Waals surface area contributed by atoms with Gasteiger partial charge in [0, 0.05) is 24.5 Å². The number of hydrogen-bond donors (Lipinski definition) is 3. The standard InChI is InChI=1S/C26H34ClFN6O6/c1-14(2)31-23-29-10-15(11-30-23)21(35)32-33-22(36)17-8-19(28)20(9-18(17)27)38-12-16-13-39-26(6,7)34(16)24(37)40-25(3,4)5/h8-11,14,16H,12-13H2,1-7H3,(H,32,35)(H,33,36)(H,29,30,31). The van der Waals surface area contributed by atoms with Gasteiger partial charge < -0.3 is 19.5 Å². The number of hydrazine groups is 1. The molecule has 3 rings (SSSR count). The van der Waals surface area contributed by atoms with E-state index in [9.17, 15) is 18.8 Å². The topological polar surface area (TPSA) is 144 Å². The summed E-state index contributed by atoms with van der Waals surface area (Å²) in [5.74, 6) is -2.29. The maximum atomic E-state index is 14.9. The highest BCUT2D eigenvalue weighted by atomic mass is 35.5. The lowest BCUT2D eigenvalue weighted by molar-refractivity contribution is -0.0637. The number of carbonyl (C=O) groups is 3. The minimum absolute atomic E-state index is 0.0927. The van der Waals surface area contributed by atoms with Crippen LogP contribution in [0.15, 0.2) is 24.5 Å². The Labute approximate surface area is 236 Å². The van der Waals surface area contributed by atoms with Crippen molar-refractivity contribution in [1.29, 1.82) is 0 Å². The molecule has 14 heteroatoms. The number of rotatable bonds is 7. The fourth-order valence-electron chi connectivity index (χ4n) is 3.72. The molecule has 1 aliphatic heterocycles. The summed E-state index contributed by atoms with van der Waals surface area (Å²) in [6.45, 7) is 12.5. The molecule has 2 heterocycles. The van der Waals surface area contributed by atoms with Crippen LogP contribution in [-0.2, 0) is 9.47 Å². The molecule has 3 amide bonds. The summed E-state index contributed by atoms with van der Waals surface area (Å²) >= 11 is 6.22. The molecule has 0 aliphatic carbocycles. The molecule has 1 aromatic carbocycles. The van der Waals surface area contributed by atoms with E-state index in [0.29, 0.717) is 5.95 Å². The fourth-order valence-corrected chi connectivity index (χ4v) is 3.96. The predicted molar refractivity (Wildman–Crippen MR) is 145 cm³/mol. The summed E-state index contributed by atoms with van der Waals surface area (Å²) in [4.78, 5) is 47.1. The number of benzene rings is 1. The van der Waals surface area contributed by atoms with Crippen molar-refractivity contribution in [1.82, 2.24) is 25.7 Å². The van der Waals surface area contributed by atoms with E-state index in [2.05, 4.69) is 26.1 Å². The summed E-state index contributed by atoms with van der Waals surface area (Å²) in [7, 11) is 0. The van der Waals surface area contributed by atoms with Gasteiger partial charge in [-0.1, -0.05) is 11.6 Å². The average Bonchev–Trinajstić information content (AvgIpc) is 3.15. The third kappa shape index (κ3) is 7.92. The molecule has 0 bridgehead atoms. The number of halogens is 2. The van der Waals surface area contributed by atoms with Gasteiger partial charge in [-0.3, -0.25) is 25.3 Å². The van der Waals surface area contributed by atoms with Crippen LogP contribution >= 0.6 is 11.6 Å². The quantitative estimate of drug-likeness (QED) is 0.415. The molecular weight excluding hydrogens is 547 g/mol. The lowest BCUT2D eigenvalue weighted by Crippen LogP contribution is -2.51. The Morgan fingerprint density at radius 2 is 1.80 bits per heavy atom. The van der Waals surface area contributed by atoms with Gasteiger partial charge in [-0.05, 0) is 54.5 Å². The van der Waals surface area contributed by atoms with Crippen molar-refractivity contribution in [3.05, 3.63) is 46.5 Å². The Hall–Kier alpha value is -3.71. The van der Waals surface area contributed by atoms with Crippen molar-refractivity contribution < 1.29 is 33.0 Å². The van der Waals surface area contributed by atoms with Crippen LogP contribution in [0.5, 0.6) is 5.75 Å². The van der Waals surface area contributed by atoms with Crippen molar-refractivity contribution in [2.75, 3.05) is 18.5 Å². The minimum Gasteiger partial charge on any atom is -0.488 e. The van der Waals surface area contributed by atoms with Gasteiger partial charge in [-0.15, -0.1) is 0 Å². The van der Waals surface area contributed by atoms with Crippen molar-refractivity contribution in [3.8, 4) is 5.75 Å². The first-order chi connectivity index (χ1) is 18.6. The SMILES string of the molecule is CC(C)Nc1ncc(C(=O)NNC(=O)c2cc(F)c(OCC3COC(C)(C)N3C(=O)OC(C)(C)C)cc2Cl)cn1. The fraction of sp³-hybridized carbons (Fsp3) is 0.500. The first kappa shape index (κ1) is 30.8. The Morgan fingerprint density at radius 3 is 2.40 bits per heavy atom. The molecule has 1 unspecified atom stereocenters. The molecule has 1 aromatic heterocycles. The molecule has 218 valence electrons. The number of amides is 3. The number of nitrogens with one attached hydrogen (secondary N) is 3. The van der Waals surface area contributed by atoms with Crippen molar-refractivity contribution >= 4 is 35.5 Å². The van der Waals surface area contributed by atoms with Crippen LogP contribution in [0, 0.1) is 5.82 Å². The van der Waals surface area contributed by atoms with E-state index >= 15 is 0 Å². The summed E-state index contributed by atoms with van der Waals surface area (Å²) in [5, 5.41) is 2.87. The molecular formula is C26H34ClFN6O6. The maximum Gasteiger partial charge on any atom is 0.413 e. The lowest BCUT2D eigenvalue weighted by Gasteiger charge is -2.35. The maximum absolute atomic E-state index is 14.9. The normalized spacial score (nSPS) is 16.4. The molecule has 0 spiro atoms. The van der Waals surface area contributed by atoms with Gasteiger partial charge in [0.1, 0.15) is 17.9 Å². The zero-order valence-corrected chi connectivity index (χ0v) is 24.2. The largest absolute Gasteiger partial charge is 0.488 e. The smallest absolute Gasteiger partial charge is 0.413 e. The van der Waals surface area contributed by atoms with Crippen LogP contribution in [0.25, 0.3) is 0 Å². The van der Waals surface area contributed by atoms with E-state index in [0.717, 1.165) is 12.1 Å². The summed E-state index contributed by atoms with van der Waals surface area (Å²) in [6.07, 6.45) is 1.99.